The second kappa shape index (κ2) is 14.8. The third-order valence-corrected chi connectivity index (χ3v) is 5.92. The number of nitrogens with zero attached hydrogens (tertiary/aromatic N) is 4. The summed E-state index contributed by atoms with van der Waals surface area (Å²) >= 11 is 0. The van der Waals surface area contributed by atoms with Gasteiger partial charge < -0.3 is 20.4 Å². The van der Waals surface area contributed by atoms with Gasteiger partial charge in [0.1, 0.15) is 0 Å². The molecule has 1 saturated carbocycles. The molecule has 8 nitrogen and oxygen atoms in total. The van der Waals surface area contributed by atoms with E-state index in [1.165, 1.54) is 6.42 Å². The summed E-state index contributed by atoms with van der Waals surface area (Å²) in [7, 11) is 0. The number of hydrogen-bond acceptors (Lipinski definition) is 4. The average molecular weight is 537 g/mol. The molecule has 2 rings (SSSR count). The van der Waals surface area contributed by atoms with Gasteiger partial charge in [-0.2, -0.15) is 0 Å². The molecule has 2 aliphatic rings. The minimum atomic E-state index is 0. The maximum atomic E-state index is 12.3. The zero-order valence-electron chi connectivity index (χ0n) is 19.0. The van der Waals surface area contributed by atoms with Gasteiger partial charge in [0, 0.05) is 71.2 Å². The minimum Gasteiger partial charge on any atom is -0.357 e. The zero-order chi connectivity index (χ0) is 21.1. The van der Waals surface area contributed by atoms with Crippen molar-refractivity contribution in [2.24, 2.45) is 10.9 Å². The fourth-order valence-corrected chi connectivity index (χ4v) is 3.77. The van der Waals surface area contributed by atoms with Crippen LogP contribution in [-0.4, -0.2) is 97.9 Å². The summed E-state index contributed by atoms with van der Waals surface area (Å²) in [5.41, 5.74) is 0. The highest BCUT2D eigenvalue weighted by molar-refractivity contribution is 14.0. The van der Waals surface area contributed by atoms with Gasteiger partial charge in [-0.1, -0.05) is 6.42 Å². The largest absolute Gasteiger partial charge is 0.357 e. The minimum absolute atomic E-state index is 0. The number of nitrogens with one attached hydrogen (secondary N) is 2. The van der Waals surface area contributed by atoms with Crippen LogP contribution in [0.1, 0.15) is 46.5 Å². The summed E-state index contributed by atoms with van der Waals surface area (Å²) in [5, 5.41) is 6.50. The van der Waals surface area contributed by atoms with E-state index in [1.54, 1.807) is 0 Å². The van der Waals surface area contributed by atoms with Crippen molar-refractivity contribution in [3.05, 3.63) is 0 Å². The first-order valence-electron chi connectivity index (χ1n) is 11.4. The molecule has 1 saturated heterocycles. The Labute approximate surface area is 199 Å². The van der Waals surface area contributed by atoms with Crippen LogP contribution in [-0.2, 0) is 9.59 Å². The van der Waals surface area contributed by atoms with E-state index in [4.69, 9.17) is 0 Å². The van der Waals surface area contributed by atoms with Crippen molar-refractivity contribution in [1.82, 2.24) is 25.3 Å². The quantitative estimate of drug-likeness (QED) is 0.251. The number of halogens is 1. The van der Waals surface area contributed by atoms with Gasteiger partial charge in [-0.25, -0.2) is 0 Å². The summed E-state index contributed by atoms with van der Waals surface area (Å²) in [6.07, 6.45) is 3.84. The Bertz CT molecular complexity index is 544. The number of piperazine rings is 1. The predicted octanol–water partition coefficient (Wildman–Crippen LogP) is 1.36. The molecule has 1 heterocycles. The normalized spacial score (nSPS) is 17.7. The molecule has 2 amide bonds. The van der Waals surface area contributed by atoms with Crippen LogP contribution in [0.5, 0.6) is 0 Å². The number of rotatable bonds is 10. The molecule has 0 aromatic heterocycles. The van der Waals surface area contributed by atoms with Crippen LogP contribution in [0.4, 0.5) is 0 Å². The first-order chi connectivity index (χ1) is 14.1. The van der Waals surface area contributed by atoms with Gasteiger partial charge in [0.05, 0.1) is 6.54 Å². The van der Waals surface area contributed by atoms with Gasteiger partial charge in [0.15, 0.2) is 5.96 Å². The summed E-state index contributed by atoms with van der Waals surface area (Å²) in [6.45, 7) is 14.1. The highest BCUT2D eigenvalue weighted by atomic mass is 127. The Morgan fingerprint density at radius 1 is 1.03 bits per heavy atom. The maximum Gasteiger partial charge on any atom is 0.225 e. The van der Waals surface area contributed by atoms with Gasteiger partial charge in [-0.3, -0.25) is 19.5 Å². The number of carbonyl (C=O) groups is 2. The first kappa shape index (κ1) is 26.9. The fraction of sp³-hybridized carbons (Fsp3) is 0.857. The molecule has 0 unspecified atom stereocenters. The topological polar surface area (TPSA) is 80.3 Å². The van der Waals surface area contributed by atoms with Gasteiger partial charge in [0.25, 0.3) is 0 Å². The average Bonchev–Trinajstić information content (AvgIpc) is 2.68. The number of guanidine groups is 1. The molecule has 0 atom stereocenters. The van der Waals surface area contributed by atoms with E-state index in [1.807, 2.05) is 30.6 Å². The predicted molar refractivity (Wildman–Crippen MR) is 132 cm³/mol. The van der Waals surface area contributed by atoms with Crippen molar-refractivity contribution in [2.75, 3.05) is 65.4 Å². The molecule has 1 aliphatic carbocycles. The van der Waals surface area contributed by atoms with Gasteiger partial charge in [-0.15, -0.1) is 24.0 Å². The lowest BCUT2D eigenvalue weighted by Gasteiger charge is -2.38. The summed E-state index contributed by atoms with van der Waals surface area (Å²) in [4.78, 5) is 35.3. The molecule has 0 radical (unpaired) electrons. The van der Waals surface area contributed by atoms with Crippen LogP contribution in [0, 0.1) is 5.92 Å². The number of carbonyl (C=O) groups excluding carboxylic acids is 2. The SMILES string of the molecule is CCNC(=NCCN1CCN(C(=O)C2CCC2)CC1)NCCC(=O)N(CC)CC.I. The number of hydrogen-bond donors (Lipinski definition) is 2. The number of amides is 2. The second-order valence-corrected chi connectivity index (χ2v) is 7.80. The molecule has 0 aromatic rings. The van der Waals surface area contributed by atoms with E-state index in [0.717, 1.165) is 71.2 Å². The lowest BCUT2D eigenvalue weighted by Crippen LogP contribution is -2.51. The van der Waals surface area contributed by atoms with Crippen molar-refractivity contribution in [3.63, 3.8) is 0 Å². The fourth-order valence-electron chi connectivity index (χ4n) is 3.77. The Balaban J connectivity index is 0.00000450. The molecule has 0 spiro atoms. The molecule has 0 aromatic carbocycles. The maximum absolute atomic E-state index is 12.3. The molecule has 174 valence electrons. The lowest BCUT2D eigenvalue weighted by molar-refractivity contribution is -0.140. The Hall–Kier alpha value is -1.10. The Morgan fingerprint density at radius 2 is 1.70 bits per heavy atom. The number of aliphatic imine (C=N–C) groups is 1. The molecule has 2 fully saturated rings. The molecule has 2 N–H and O–H groups in total. The van der Waals surface area contributed by atoms with Crippen molar-refractivity contribution >= 4 is 41.8 Å². The van der Waals surface area contributed by atoms with E-state index < -0.39 is 0 Å². The summed E-state index contributed by atoms with van der Waals surface area (Å²) < 4.78 is 0. The van der Waals surface area contributed by atoms with Crippen LogP contribution in [0.2, 0.25) is 0 Å². The lowest BCUT2D eigenvalue weighted by atomic mass is 9.84. The van der Waals surface area contributed by atoms with Crippen LogP contribution < -0.4 is 10.6 Å². The second-order valence-electron chi connectivity index (χ2n) is 7.80. The van der Waals surface area contributed by atoms with E-state index in [-0.39, 0.29) is 29.9 Å². The smallest absolute Gasteiger partial charge is 0.225 e. The molecular weight excluding hydrogens is 495 g/mol. The molecule has 30 heavy (non-hydrogen) atoms. The summed E-state index contributed by atoms with van der Waals surface area (Å²) in [5.74, 6) is 1.60. The van der Waals surface area contributed by atoms with E-state index in [2.05, 4.69) is 20.5 Å². The zero-order valence-corrected chi connectivity index (χ0v) is 21.3. The van der Waals surface area contributed by atoms with Crippen molar-refractivity contribution in [2.45, 2.75) is 46.5 Å². The third-order valence-electron chi connectivity index (χ3n) is 5.92. The summed E-state index contributed by atoms with van der Waals surface area (Å²) in [6, 6.07) is 0. The van der Waals surface area contributed by atoms with Gasteiger partial charge >= 0.3 is 0 Å². The highest BCUT2D eigenvalue weighted by Crippen LogP contribution is 2.28. The Kier molecular flexibility index (Phi) is 13.3. The van der Waals surface area contributed by atoms with Crippen molar-refractivity contribution in [1.29, 1.82) is 0 Å². The monoisotopic (exact) mass is 536 g/mol. The van der Waals surface area contributed by atoms with Crippen molar-refractivity contribution in [3.8, 4) is 0 Å². The molecule has 9 heteroatoms. The first-order valence-corrected chi connectivity index (χ1v) is 11.4. The molecular formula is C21H41IN6O2. The molecule has 1 aliphatic heterocycles. The highest BCUT2D eigenvalue weighted by Gasteiger charge is 2.30. The van der Waals surface area contributed by atoms with Crippen molar-refractivity contribution < 1.29 is 9.59 Å². The standard InChI is InChI=1S/C21H40N6O2.HI/c1-4-22-21(23-11-10-19(28)26(5-2)6-3)24-12-13-25-14-16-27(17-15-25)20(29)18-8-7-9-18;/h18H,4-17H2,1-3H3,(H2,22,23,24);1H. The van der Waals surface area contributed by atoms with Crippen LogP contribution in [0.25, 0.3) is 0 Å². The van der Waals surface area contributed by atoms with E-state index in [0.29, 0.717) is 31.3 Å². The molecule has 0 bridgehead atoms. The van der Waals surface area contributed by atoms with Gasteiger partial charge in [0.2, 0.25) is 11.8 Å². The van der Waals surface area contributed by atoms with E-state index >= 15 is 0 Å². The third kappa shape index (κ3) is 8.56. The van der Waals surface area contributed by atoms with E-state index in [9.17, 15) is 9.59 Å². The Morgan fingerprint density at radius 3 is 2.23 bits per heavy atom. The van der Waals surface area contributed by atoms with Crippen LogP contribution in [0.15, 0.2) is 4.99 Å². The van der Waals surface area contributed by atoms with Gasteiger partial charge in [-0.05, 0) is 33.6 Å². The van der Waals surface area contributed by atoms with Crippen LogP contribution in [0.3, 0.4) is 0 Å². The van der Waals surface area contributed by atoms with Crippen LogP contribution >= 0.6 is 24.0 Å².